The molecule has 2 aromatic rings. The molecule has 2 amide bonds. The van der Waals surface area contributed by atoms with Gasteiger partial charge in [-0.05, 0) is 48.9 Å². The van der Waals surface area contributed by atoms with Gasteiger partial charge in [0.25, 0.3) is 0 Å². The minimum absolute atomic E-state index is 0.0501. The Hall–Kier alpha value is -2.34. The van der Waals surface area contributed by atoms with E-state index in [-0.39, 0.29) is 11.8 Å². The second-order valence-electron chi connectivity index (χ2n) is 5.45. The Morgan fingerprint density at radius 3 is 2.50 bits per heavy atom. The monoisotopic (exact) mass is 389 g/mol. The average molecular weight is 390 g/mol. The van der Waals surface area contributed by atoms with Crippen LogP contribution < -0.4 is 16.0 Å². The van der Waals surface area contributed by atoms with Crippen LogP contribution in [0.25, 0.3) is 0 Å². The second-order valence-corrected chi connectivity index (χ2v) is 6.36. The SMILES string of the molecule is CC(=O)Nc1cccc(NCCC(=O)Nc2ccc(Br)cc2C)c1. The summed E-state index contributed by atoms with van der Waals surface area (Å²) in [6.45, 7) is 3.92. The molecule has 2 aromatic carbocycles. The fourth-order valence-electron chi connectivity index (χ4n) is 2.21. The highest BCUT2D eigenvalue weighted by atomic mass is 79.9. The molecule has 2 rings (SSSR count). The van der Waals surface area contributed by atoms with Crippen molar-refractivity contribution in [2.75, 3.05) is 22.5 Å². The van der Waals surface area contributed by atoms with Crippen LogP contribution in [-0.4, -0.2) is 18.4 Å². The summed E-state index contributed by atoms with van der Waals surface area (Å²) < 4.78 is 0.985. The van der Waals surface area contributed by atoms with Gasteiger partial charge in [0.15, 0.2) is 0 Å². The fourth-order valence-corrected chi connectivity index (χ4v) is 2.69. The molecule has 0 aliphatic rings. The number of amides is 2. The lowest BCUT2D eigenvalue weighted by molar-refractivity contribution is -0.116. The number of aryl methyl sites for hydroxylation is 1. The first-order chi connectivity index (χ1) is 11.4. The third-order valence-corrected chi connectivity index (χ3v) is 3.82. The molecule has 0 heterocycles. The number of nitrogens with one attached hydrogen (secondary N) is 3. The van der Waals surface area contributed by atoms with E-state index in [4.69, 9.17) is 0 Å². The number of hydrogen-bond donors (Lipinski definition) is 3. The van der Waals surface area contributed by atoms with Crippen molar-refractivity contribution in [2.45, 2.75) is 20.3 Å². The Labute approximate surface area is 150 Å². The molecule has 0 atom stereocenters. The highest BCUT2D eigenvalue weighted by Crippen LogP contribution is 2.20. The van der Waals surface area contributed by atoms with Crippen molar-refractivity contribution in [3.05, 3.63) is 52.5 Å². The molecule has 0 aliphatic heterocycles. The number of anilines is 3. The maximum atomic E-state index is 12.0. The van der Waals surface area contributed by atoms with E-state index in [2.05, 4.69) is 31.9 Å². The number of halogens is 1. The first-order valence-electron chi connectivity index (χ1n) is 7.61. The lowest BCUT2D eigenvalue weighted by Gasteiger charge is -2.10. The van der Waals surface area contributed by atoms with Gasteiger partial charge in [-0.3, -0.25) is 9.59 Å². The number of benzene rings is 2. The molecule has 24 heavy (non-hydrogen) atoms. The van der Waals surface area contributed by atoms with Crippen molar-refractivity contribution in [1.82, 2.24) is 0 Å². The number of hydrogen-bond acceptors (Lipinski definition) is 3. The van der Waals surface area contributed by atoms with E-state index in [1.54, 1.807) is 0 Å². The first-order valence-corrected chi connectivity index (χ1v) is 8.41. The van der Waals surface area contributed by atoms with E-state index in [1.165, 1.54) is 6.92 Å². The summed E-state index contributed by atoms with van der Waals surface area (Å²) in [5.41, 5.74) is 3.40. The molecule has 126 valence electrons. The third-order valence-electron chi connectivity index (χ3n) is 3.33. The van der Waals surface area contributed by atoms with Gasteiger partial charge in [0, 0.05) is 41.4 Å². The molecule has 0 aliphatic carbocycles. The van der Waals surface area contributed by atoms with Crippen LogP contribution in [0.5, 0.6) is 0 Å². The van der Waals surface area contributed by atoms with Crippen LogP contribution in [-0.2, 0) is 9.59 Å². The Balaban J connectivity index is 1.83. The number of carbonyl (C=O) groups excluding carboxylic acids is 2. The van der Waals surface area contributed by atoms with Crippen LogP contribution >= 0.6 is 15.9 Å². The van der Waals surface area contributed by atoms with Gasteiger partial charge in [-0.15, -0.1) is 0 Å². The van der Waals surface area contributed by atoms with E-state index >= 15 is 0 Å². The zero-order chi connectivity index (χ0) is 17.5. The van der Waals surface area contributed by atoms with Crippen LogP contribution in [0.3, 0.4) is 0 Å². The molecule has 0 spiro atoms. The van der Waals surface area contributed by atoms with Gasteiger partial charge < -0.3 is 16.0 Å². The fraction of sp³-hybridized carbons (Fsp3) is 0.222. The summed E-state index contributed by atoms with van der Waals surface area (Å²) in [6.07, 6.45) is 0.347. The Kier molecular flexibility index (Phi) is 6.37. The van der Waals surface area contributed by atoms with Gasteiger partial charge in [-0.1, -0.05) is 22.0 Å². The topological polar surface area (TPSA) is 70.2 Å². The van der Waals surface area contributed by atoms with Crippen molar-refractivity contribution in [2.24, 2.45) is 0 Å². The van der Waals surface area contributed by atoms with Crippen LogP contribution in [0.1, 0.15) is 18.9 Å². The molecule has 3 N–H and O–H groups in total. The molecule has 0 bridgehead atoms. The lowest BCUT2D eigenvalue weighted by Crippen LogP contribution is -2.17. The van der Waals surface area contributed by atoms with Crippen LogP contribution in [0.2, 0.25) is 0 Å². The predicted molar refractivity (Wildman–Crippen MR) is 101 cm³/mol. The summed E-state index contributed by atoms with van der Waals surface area (Å²) in [6, 6.07) is 13.1. The van der Waals surface area contributed by atoms with E-state index in [1.807, 2.05) is 49.4 Å². The van der Waals surface area contributed by atoms with E-state index in [0.29, 0.717) is 13.0 Å². The minimum atomic E-state index is -0.114. The highest BCUT2D eigenvalue weighted by Gasteiger charge is 2.05. The smallest absolute Gasteiger partial charge is 0.226 e. The third kappa shape index (κ3) is 5.70. The molecular weight excluding hydrogens is 370 g/mol. The first kappa shape index (κ1) is 18.0. The summed E-state index contributed by atoms with van der Waals surface area (Å²) in [4.78, 5) is 23.1. The Morgan fingerprint density at radius 1 is 1.04 bits per heavy atom. The second kappa shape index (κ2) is 8.49. The molecular formula is C18H20BrN3O2. The largest absolute Gasteiger partial charge is 0.384 e. The van der Waals surface area contributed by atoms with Gasteiger partial charge in [0.1, 0.15) is 0 Å². The van der Waals surface area contributed by atoms with Crippen molar-refractivity contribution in [3.63, 3.8) is 0 Å². The molecule has 0 aromatic heterocycles. The standard InChI is InChI=1S/C18H20BrN3O2/c1-12-10-14(19)6-7-17(12)22-18(24)8-9-20-15-4-3-5-16(11-15)21-13(2)23/h3-7,10-11,20H,8-9H2,1-2H3,(H,21,23)(H,22,24). The summed E-state index contributed by atoms with van der Waals surface area (Å²) in [7, 11) is 0. The quantitative estimate of drug-likeness (QED) is 0.694. The Morgan fingerprint density at radius 2 is 1.79 bits per heavy atom. The van der Waals surface area contributed by atoms with Gasteiger partial charge in [0.2, 0.25) is 11.8 Å². The Bertz CT molecular complexity index is 747. The minimum Gasteiger partial charge on any atom is -0.384 e. The molecule has 0 fully saturated rings. The van der Waals surface area contributed by atoms with Gasteiger partial charge in [-0.2, -0.15) is 0 Å². The molecule has 5 nitrogen and oxygen atoms in total. The summed E-state index contributed by atoms with van der Waals surface area (Å²) in [5, 5.41) is 8.81. The van der Waals surface area contributed by atoms with Crippen molar-refractivity contribution < 1.29 is 9.59 Å². The molecule has 6 heteroatoms. The van der Waals surface area contributed by atoms with Crippen molar-refractivity contribution in [1.29, 1.82) is 0 Å². The molecule has 0 radical (unpaired) electrons. The molecule has 0 saturated heterocycles. The summed E-state index contributed by atoms with van der Waals surface area (Å²) in [5.74, 6) is -0.165. The molecule has 0 unspecified atom stereocenters. The van der Waals surface area contributed by atoms with E-state index in [9.17, 15) is 9.59 Å². The maximum absolute atomic E-state index is 12.0. The van der Waals surface area contributed by atoms with E-state index in [0.717, 1.165) is 27.1 Å². The van der Waals surface area contributed by atoms with Crippen molar-refractivity contribution in [3.8, 4) is 0 Å². The zero-order valence-corrected chi connectivity index (χ0v) is 15.2. The number of rotatable bonds is 6. The van der Waals surface area contributed by atoms with Crippen LogP contribution in [0.15, 0.2) is 46.9 Å². The zero-order valence-electron chi connectivity index (χ0n) is 13.7. The van der Waals surface area contributed by atoms with Crippen molar-refractivity contribution >= 4 is 44.8 Å². The lowest BCUT2D eigenvalue weighted by atomic mass is 10.2. The van der Waals surface area contributed by atoms with E-state index < -0.39 is 0 Å². The summed E-state index contributed by atoms with van der Waals surface area (Å²) >= 11 is 3.40. The number of carbonyl (C=O) groups is 2. The van der Waals surface area contributed by atoms with Gasteiger partial charge in [0.05, 0.1) is 0 Å². The average Bonchev–Trinajstić information content (AvgIpc) is 2.50. The molecule has 0 saturated carbocycles. The predicted octanol–water partition coefficient (Wildman–Crippen LogP) is 4.16. The van der Waals surface area contributed by atoms with Gasteiger partial charge in [-0.25, -0.2) is 0 Å². The van der Waals surface area contributed by atoms with Crippen LogP contribution in [0.4, 0.5) is 17.1 Å². The maximum Gasteiger partial charge on any atom is 0.226 e. The normalized spacial score (nSPS) is 10.1. The highest BCUT2D eigenvalue weighted by molar-refractivity contribution is 9.10. The van der Waals surface area contributed by atoms with Crippen LogP contribution in [0, 0.1) is 6.92 Å². The van der Waals surface area contributed by atoms with Gasteiger partial charge >= 0.3 is 0 Å².